The van der Waals surface area contributed by atoms with Crippen molar-refractivity contribution in [3.63, 3.8) is 0 Å². The lowest BCUT2D eigenvalue weighted by Crippen LogP contribution is -2.62. The van der Waals surface area contributed by atoms with E-state index in [0.717, 1.165) is 44.6 Å². The van der Waals surface area contributed by atoms with Crippen LogP contribution in [0.1, 0.15) is 141 Å². The van der Waals surface area contributed by atoms with Gasteiger partial charge in [-0.2, -0.15) is 10.1 Å². The standard InChI is InChI=1S/C34H46N6O6.C25H36IN5O4.C15H22BNO4/c1-18-26-14-23(34(26,3)4)15-27(18)37-32(42)30-29(19(2)41)28(16-36-38-35)46-40(30)17-20-9-8-10-25(31(20)45-7)21-11-22(33(43)44)13-24(12-21)39(5)6;1-13-17-9-16(25(17,3)4)10-19(13)29-24(33)22-21(14(2)32)20(11-28-30-27)35-31(22)12-15-7-6-8-18(26)23(15)34-5;1-14(2)15(3,4)21-16(20-14)11-7-10(13(18)19)8-12(9-11)17(5)6/h8-13,18-19,23,26-30,41H,14-17H2,1-7H3,(H,37,42)(H,43,44);6-8,13-14,16-17,19-22,32H,9-12H2,1-5H3,(H,29,33);7-9H,1-6H3,(H,18,19)/t18-,19-,23+,26-,27-,28-,29+,30-;13-,14-,16+,17-,19-,20-,21+,22-;/m00./s1. The minimum atomic E-state index is -1.04. The van der Waals surface area contributed by atoms with Gasteiger partial charge in [-0.3, -0.25) is 19.3 Å². The van der Waals surface area contributed by atoms with E-state index in [1.165, 1.54) is 12.8 Å². The number of methoxy groups -OCH3 is 2. The van der Waals surface area contributed by atoms with Crippen LogP contribution in [0.5, 0.6) is 11.5 Å². The topological polar surface area (TPSA) is 339 Å². The molecule has 9 aliphatic rings. The van der Waals surface area contributed by atoms with Crippen LogP contribution in [0.15, 0.2) is 83.0 Å². The van der Waals surface area contributed by atoms with E-state index in [0.29, 0.717) is 69.9 Å². The van der Waals surface area contributed by atoms with Gasteiger partial charge in [0.15, 0.2) is 0 Å². The molecule has 6 N–H and O–H groups in total. The van der Waals surface area contributed by atoms with E-state index >= 15 is 0 Å². The minimum absolute atomic E-state index is 0.0159. The van der Waals surface area contributed by atoms with Gasteiger partial charge in [-0.1, -0.05) is 82.1 Å². The maximum atomic E-state index is 14.2. The molecule has 0 aromatic heterocycles. The molecule has 28 heteroatoms. The molecular formula is C74H104BIN12O14. The summed E-state index contributed by atoms with van der Waals surface area (Å²) in [6, 6.07) is 20.2. The lowest BCUT2D eigenvalue weighted by atomic mass is 9.45. The zero-order valence-electron chi connectivity index (χ0n) is 62.1. The van der Waals surface area contributed by atoms with E-state index in [4.69, 9.17) is 39.5 Å². The van der Waals surface area contributed by atoms with Crippen molar-refractivity contribution < 1.29 is 68.1 Å². The number of hydroxylamine groups is 4. The predicted octanol–water partition coefficient (Wildman–Crippen LogP) is 11.1. The fourth-order valence-electron chi connectivity index (χ4n) is 16.9. The summed E-state index contributed by atoms with van der Waals surface area (Å²) in [4.78, 5) is 73.2. The molecule has 0 spiro atoms. The van der Waals surface area contributed by atoms with Crippen LogP contribution in [0.25, 0.3) is 32.0 Å². The van der Waals surface area contributed by atoms with Gasteiger partial charge in [-0.05, 0) is 201 Å². The molecule has 3 saturated heterocycles. The van der Waals surface area contributed by atoms with Crippen LogP contribution < -0.4 is 35.4 Å². The van der Waals surface area contributed by atoms with E-state index in [2.05, 4.69) is 94.8 Å². The first-order valence-electron chi connectivity index (χ1n) is 35.2. The number of rotatable bonds is 22. The molecule has 0 radical (unpaired) electrons. The Kier molecular flexibility index (Phi) is 24.7. The molecule has 4 bridgehead atoms. The zero-order chi connectivity index (χ0) is 75.0. The Balaban J connectivity index is 0.000000190. The normalized spacial score (nSPS) is 28.9. The monoisotopic (exact) mass is 1520 g/mol. The Morgan fingerprint density at radius 2 is 1.07 bits per heavy atom. The fourth-order valence-corrected chi connectivity index (χ4v) is 17.7. The second kappa shape index (κ2) is 31.8. The van der Waals surface area contributed by atoms with Crippen molar-refractivity contribution in [2.75, 3.05) is 65.3 Å². The Hall–Kier alpha value is -6.95. The molecule has 4 aromatic rings. The van der Waals surface area contributed by atoms with Crippen molar-refractivity contribution in [1.29, 1.82) is 0 Å². The lowest BCUT2D eigenvalue weighted by molar-refractivity contribution is -0.176. The van der Waals surface area contributed by atoms with Gasteiger partial charge >= 0.3 is 19.1 Å². The van der Waals surface area contributed by atoms with Gasteiger partial charge in [-0.25, -0.2) is 9.59 Å². The summed E-state index contributed by atoms with van der Waals surface area (Å²) in [5.41, 5.74) is 23.2. The smallest absolute Gasteiger partial charge is 0.494 e. The first-order valence-corrected chi connectivity index (χ1v) is 36.3. The quantitative estimate of drug-likeness (QED) is 0.0140. The molecule has 3 heterocycles. The number of para-hydroxylation sites is 2. The van der Waals surface area contributed by atoms with Crippen LogP contribution in [0, 0.1) is 61.7 Å². The van der Waals surface area contributed by atoms with Gasteiger partial charge in [0.25, 0.3) is 0 Å². The summed E-state index contributed by atoms with van der Waals surface area (Å²) >= 11 is 2.22. The van der Waals surface area contributed by atoms with Gasteiger partial charge < -0.3 is 59.6 Å². The number of carbonyl (C=O) groups excluding carboxylic acids is 2. The number of nitrogens with zero attached hydrogens (tertiary/aromatic N) is 10. The van der Waals surface area contributed by atoms with Crippen molar-refractivity contribution in [1.82, 2.24) is 20.8 Å². The predicted molar refractivity (Wildman–Crippen MR) is 398 cm³/mol. The van der Waals surface area contributed by atoms with Crippen LogP contribution in [-0.4, -0.2) is 177 Å². The number of carboxylic acids is 2. The molecule has 9 fully saturated rings. The van der Waals surface area contributed by atoms with Crippen molar-refractivity contribution in [2.45, 2.75) is 182 Å². The number of carboxylic acid groups (broad SMARTS) is 2. The maximum absolute atomic E-state index is 14.2. The maximum Gasteiger partial charge on any atom is 0.494 e. The number of ether oxygens (including phenoxy) is 2. The number of amides is 2. The van der Waals surface area contributed by atoms with Crippen LogP contribution >= 0.6 is 22.6 Å². The summed E-state index contributed by atoms with van der Waals surface area (Å²) in [5, 5.41) is 57.9. The van der Waals surface area contributed by atoms with Crippen LogP contribution in [0.3, 0.4) is 0 Å². The van der Waals surface area contributed by atoms with E-state index in [1.54, 1.807) is 62.5 Å². The second-order valence-electron chi connectivity index (χ2n) is 31.4. The largest absolute Gasteiger partial charge is 0.496 e. The molecule has 6 aliphatic carbocycles. The van der Waals surface area contributed by atoms with E-state index in [1.807, 2.05) is 114 Å². The molecule has 13 rings (SSSR count). The fraction of sp³-hybridized carbons (Fsp3) is 0.622. The number of aliphatic hydroxyl groups excluding tert-OH is 2. The molecule has 6 saturated carbocycles. The number of hydrogen-bond acceptors (Lipinski definition) is 18. The van der Waals surface area contributed by atoms with Crippen molar-refractivity contribution in [3.05, 3.63) is 120 Å². The Labute approximate surface area is 613 Å². The highest BCUT2D eigenvalue weighted by atomic mass is 127. The third kappa shape index (κ3) is 16.3. The van der Waals surface area contributed by atoms with Crippen LogP contribution in [0.2, 0.25) is 0 Å². The van der Waals surface area contributed by atoms with Crippen molar-refractivity contribution >= 4 is 70.3 Å². The number of carbonyl (C=O) groups is 4. The number of benzene rings is 4. The molecule has 102 heavy (non-hydrogen) atoms. The molecule has 26 nitrogen and oxygen atoms in total. The Bertz CT molecular complexity index is 3810. The number of anilines is 2. The van der Waals surface area contributed by atoms with Gasteiger partial charge in [0.05, 0.1) is 90.7 Å². The van der Waals surface area contributed by atoms with E-state index in [9.17, 15) is 39.6 Å². The number of hydrogen-bond donors (Lipinski definition) is 6. The molecule has 554 valence electrons. The summed E-state index contributed by atoms with van der Waals surface area (Å²) in [7, 11) is 10.0. The van der Waals surface area contributed by atoms with Crippen LogP contribution in [0.4, 0.5) is 11.4 Å². The van der Waals surface area contributed by atoms with Crippen molar-refractivity contribution in [2.24, 2.45) is 68.4 Å². The lowest BCUT2D eigenvalue weighted by Gasteiger charge is -2.62. The SMILES string of the molecule is CN(C)c1cc(B2OC(C)(C)C(C)(C)O2)cc(C(=O)O)c1.COc1c(CN2O[C@@H](CN=[N+]=[N-])[C@@H]([C@H](C)O)[C@H]2C(=O)N[C@H]2C[C@H]3C[C@@H]([C@@H]2C)C3(C)C)cccc1-c1cc(C(=O)O)cc(N(C)C)c1.COc1c(I)cccc1CN1O[C@@H](CN=[N+]=[N-])[C@@H]([C@H](C)O)[C@H]1C(=O)N[C@H]1C[C@H]2C[C@@H]([C@@H]1C)C2(C)C. The van der Waals surface area contributed by atoms with Gasteiger partial charge in [0, 0.05) is 90.0 Å². The average Bonchev–Trinajstić information content (AvgIpc) is 1.02. The third-order valence-electron chi connectivity index (χ3n) is 23.8. The highest BCUT2D eigenvalue weighted by Crippen LogP contribution is 2.62. The molecule has 4 aromatic carbocycles. The zero-order valence-corrected chi connectivity index (χ0v) is 64.3. The highest BCUT2D eigenvalue weighted by Gasteiger charge is 2.60. The number of fused-ring (bicyclic) bond motifs is 4. The molecular weight excluding hydrogens is 1420 g/mol. The van der Waals surface area contributed by atoms with Gasteiger partial charge in [0.2, 0.25) is 11.8 Å². The van der Waals surface area contributed by atoms with E-state index < -0.39 is 78.6 Å². The molecule has 16 atom stereocenters. The first-order chi connectivity index (χ1) is 47.9. The summed E-state index contributed by atoms with van der Waals surface area (Å²) in [6.07, 6.45) is 1.22. The van der Waals surface area contributed by atoms with Crippen LogP contribution in [-0.2, 0) is 41.7 Å². The highest BCUT2D eigenvalue weighted by molar-refractivity contribution is 14.1. The summed E-state index contributed by atoms with van der Waals surface area (Å²) < 4.78 is 24.5. The molecule has 3 aliphatic heterocycles. The summed E-state index contributed by atoms with van der Waals surface area (Å²) in [6.45, 7) is 25.4. The van der Waals surface area contributed by atoms with Crippen molar-refractivity contribution in [3.8, 4) is 22.6 Å². The first kappa shape index (κ1) is 79.2. The Morgan fingerprint density at radius 3 is 1.46 bits per heavy atom. The number of halogens is 1. The summed E-state index contributed by atoms with van der Waals surface area (Å²) in [5.74, 6) is 0.664. The third-order valence-corrected chi connectivity index (χ3v) is 24.7. The molecule has 2 amide bonds. The van der Waals surface area contributed by atoms with E-state index in [-0.39, 0.29) is 60.1 Å². The second-order valence-corrected chi connectivity index (χ2v) is 32.6. The molecule has 0 unspecified atom stereocenters. The number of aromatic carboxylic acids is 2. The number of aliphatic hydroxyl groups is 2. The number of nitrogens with one attached hydrogen (secondary N) is 2. The minimum Gasteiger partial charge on any atom is -0.496 e. The Morgan fingerprint density at radius 1 is 0.647 bits per heavy atom. The number of azide groups is 2. The average molecular weight is 1520 g/mol. The van der Waals surface area contributed by atoms with Gasteiger partial charge in [0.1, 0.15) is 23.6 Å². The van der Waals surface area contributed by atoms with Gasteiger partial charge in [-0.15, -0.1) is 0 Å².